The van der Waals surface area contributed by atoms with Gasteiger partial charge in [0.2, 0.25) is 0 Å². The zero-order valence-electron chi connectivity index (χ0n) is 19.2. The van der Waals surface area contributed by atoms with E-state index in [1.807, 2.05) is 0 Å². The average molecular weight is 403 g/mol. The number of ether oxygens (including phenoxy) is 1. The summed E-state index contributed by atoms with van der Waals surface area (Å²) in [7, 11) is 0. The Kier molecular flexibility index (Phi) is 5.82. The molecule has 29 heavy (non-hydrogen) atoms. The molecule has 0 spiro atoms. The summed E-state index contributed by atoms with van der Waals surface area (Å²) in [5, 5.41) is 10.3. The first-order chi connectivity index (χ1) is 14.0. The molecule has 4 saturated carbocycles. The molecule has 8 atom stereocenters. The summed E-state index contributed by atoms with van der Waals surface area (Å²) in [6.45, 7) is 7.35. The Hall–Kier alpha value is -0.0800. The molecule has 0 bridgehead atoms. The van der Waals surface area contributed by atoms with Crippen molar-refractivity contribution in [3.8, 4) is 0 Å². The van der Waals surface area contributed by atoms with E-state index in [-0.39, 0.29) is 6.10 Å². The molecule has 2 nitrogen and oxygen atoms in total. The summed E-state index contributed by atoms with van der Waals surface area (Å²) in [6.07, 6.45) is 19.3. The molecule has 1 saturated heterocycles. The molecular weight excluding hydrogens is 356 g/mol. The number of aliphatic hydroxyl groups is 1. The number of hydrogen-bond donors (Lipinski definition) is 1. The van der Waals surface area contributed by atoms with Crippen molar-refractivity contribution in [3.05, 3.63) is 0 Å². The number of rotatable bonds is 4. The first-order valence-corrected chi connectivity index (χ1v) is 13.3. The van der Waals surface area contributed by atoms with Crippen LogP contribution in [0.5, 0.6) is 0 Å². The van der Waals surface area contributed by atoms with Gasteiger partial charge in [-0.05, 0) is 123 Å². The monoisotopic (exact) mass is 402 g/mol. The molecule has 1 aliphatic heterocycles. The van der Waals surface area contributed by atoms with Gasteiger partial charge >= 0.3 is 0 Å². The van der Waals surface area contributed by atoms with Crippen molar-refractivity contribution in [3.63, 3.8) is 0 Å². The van der Waals surface area contributed by atoms with Crippen LogP contribution in [0, 0.1) is 46.3 Å². The van der Waals surface area contributed by atoms with Crippen LogP contribution in [0.3, 0.4) is 0 Å². The molecule has 1 heterocycles. The maximum atomic E-state index is 10.3. The van der Waals surface area contributed by atoms with Gasteiger partial charge in [-0.15, -0.1) is 0 Å². The zero-order valence-corrected chi connectivity index (χ0v) is 19.2. The van der Waals surface area contributed by atoms with Gasteiger partial charge in [0.25, 0.3) is 0 Å². The Labute approximate surface area is 179 Å². The van der Waals surface area contributed by atoms with Crippen LogP contribution in [0.2, 0.25) is 0 Å². The van der Waals surface area contributed by atoms with Crippen molar-refractivity contribution in [2.75, 3.05) is 13.2 Å². The Morgan fingerprint density at radius 3 is 2.38 bits per heavy atom. The maximum Gasteiger partial charge on any atom is 0.0543 e. The molecule has 5 aliphatic rings. The van der Waals surface area contributed by atoms with Crippen molar-refractivity contribution < 1.29 is 9.84 Å². The van der Waals surface area contributed by atoms with Crippen LogP contribution in [0.4, 0.5) is 0 Å². The average Bonchev–Trinajstić information content (AvgIpc) is 3.06. The van der Waals surface area contributed by atoms with Gasteiger partial charge in [0.15, 0.2) is 0 Å². The highest BCUT2D eigenvalue weighted by molar-refractivity contribution is 5.09. The minimum absolute atomic E-state index is 0.00920. The molecule has 2 heteroatoms. The lowest BCUT2D eigenvalue weighted by molar-refractivity contribution is -0.127. The van der Waals surface area contributed by atoms with Crippen LogP contribution >= 0.6 is 0 Å². The minimum Gasteiger partial charge on any atom is -0.393 e. The smallest absolute Gasteiger partial charge is 0.0543 e. The van der Waals surface area contributed by atoms with Crippen LogP contribution < -0.4 is 0 Å². The van der Waals surface area contributed by atoms with E-state index in [1.165, 1.54) is 77.0 Å². The van der Waals surface area contributed by atoms with Gasteiger partial charge < -0.3 is 9.84 Å². The predicted octanol–water partition coefficient (Wildman–Crippen LogP) is 6.60. The molecule has 0 aromatic heterocycles. The van der Waals surface area contributed by atoms with Crippen molar-refractivity contribution in [2.24, 2.45) is 46.3 Å². The molecule has 0 aromatic rings. The Bertz CT molecular complexity index is 569. The number of hydrogen-bond acceptors (Lipinski definition) is 2. The van der Waals surface area contributed by atoms with E-state index in [0.717, 1.165) is 61.6 Å². The van der Waals surface area contributed by atoms with E-state index in [4.69, 9.17) is 4.74 Å². The third-order valence-corrected chi connectivity index (χ3v) is 11.3. The van der Waals surface area contributed by atoms with Crippen LogP contribution in [-0.4, -0.2) is 24.4 Å². The van der Waals surface area contributed by atoms with E-state index in [1.54, 1.807) is 0 Å². The van der Waals surface area contributed by atoms with E-state index >= 15 is 0 Å². The highest BCUT2D eigenvalue weighted by atomic mass is 16.5. The SMILES string of the molecule is CC12CCC3[C@@H](CCC4CC(O)CCC43C)C1CCC2CCCC1CCOCC1. The summed E-state index contributed by atoms with van der Waals surface area (Å²) < 4.78 is 5.55. The minimum atomic E-state index is -0.00920. The van der Waals surface area contributed by atoms with Gasteiger partial charge in [0, 0.05) is 13.2 Å². The summed E-state index contributed by atoms with van der Waals surface area (Å²) in [6, 6.07) is 0. The standard InChI is InChI=1S/C27H46O2/c1-26-15-11-25-23(8-6-21-18-22(28)10-14-27(21,25)2)24(26)9-7-20(26)5-3-4-19-12-16-29-17-13-19/h19-25,28H,3-18H2,1-2H3/t20?,21?,22?,23-,24?,25?,26?,27?/m0/s1. The fourth-order valence-electron chi connectivity index (χ4n) is 9.51. The van der Waals surface area contributed by atoms with Crippen LogP contribution in [0.15, 0.2) is 0 Å². The second kappa shape index (κ2) is 8.12. The molecule has 0 radical (unpaired) electrons. The zero-order chi connectivity index (χ0) is 20.1. The molecule has 0 amide bonds. The van der Waals surface area contributed by atoms with Crippen molar-refractivity contribution in [1.82, 2.24) is 0 Å². The molecule has 166 valence electrons. The quantitative estimate of drug-likeness (QED) is 0.574. The highest BCUT2D eigenvalue weighted by Crippen LogP contribution is 2.67. The van der Waals surface area contributed by atoms with Crippen LogP contribution in [0.1, 0.15) is 104 Å². The highest BCUT2D eigenvalue weighted by Gasteiger charge is 2.59. The summed E-state index contributed by atoms with van der Waals surface area (Å²) in [4.78, 5) is 0. The predicted molar refractivity (Wildman–Crippen MR) is 119 cm³/mol. The van der Waals surface area contributed by atoms with Crippen LogP contribution in [-0.2, 0) is 4.74 Å². The molecule has 1 N–H and O–H groups in total. The van der Waals surface area contributed by atoms with Crippen molar-refractivity contribution >= 4 is 0 Å². The Morgan fingerprint density at radius 1 is 0.793 bits per heavy atom. The van der Waals surface area contributed by atoms with E-state index < -0.39 is 0 Å². The molecule has 0 aromatic carbocycles. The van der Waals surface area contributed by atoms with Gasteiger partial charge in [-0.3, -0.25) is 0 Å². The number of fused-ring (bicyclic) bond motifs is 5. The van der Waals surface area contributed by atoms with Crippen molar-refractivity contribution in [2.45, 2.75) is 110 Å². The van der Waals surface area contributed by atoms with Crippen molar-refractivity contribution in [1.29, 1.82) is 0 Å². The van der Waals surface area contributed by atoms with Gasteiger partial charge in [0.1, 0.15) is 0 Å². The van der Waals surface area contributed by atoms with Gasteiger partial charge in [-0.2, -0.15) is 0 Å². The summed E-state index contributed by atoms with van der Waals surface area (Å²) >= 11 is 0. The lowest BCUT2D eigenvalue weighted by Crippen LogP contribution is -2.53. The number of aliphatic hydroxyl groups excluding tert-OH is 1. The maximum absolute atomic E-state index is 10.3. The summed E-state index contributed by atoms with van der Waals surface area (Å²) in [5.41, 5.74) is 1.17. The third kappa shape index (κ3) is 3.63. The van der Waals surface area contributed by atoms with E-state index in [0.29, 0.717) is 10.8 Å². The fraction of sp³-hybridized carbons (Fsp3) is 1.00. The van der Waals surface area contributed by atoms with Crippen LogP contribution in [0.25, 0.3) is 0 Å². The normalized spacial score (nSPS) is 50.6. The lowest BCUT2D eigenvalue weighted by Gasteiger charge is -2.61. The molecule has 7 unspecified atom stereocenters. The third-order valence-electron chi connectivity index (χ3n) is 11.3. The second-order valence-corrected chi connectivity index (χ2v) is 12.4. The van der Waals surface area contributed by atoms with Gasteiger partial charge in [-0.25, -0.2) is 0 Å². The van der Waals surface area contributed by atoms with Gasteiger partial charge in [-0.1, -0.05) is 26.7 Å². The largest absolute Gasteiger partial charge is 0.393 e. The van der Waals surface area contributed by atoms with E-state index in [9.17, 15) is 5.11 Å². The topological polar surface area (TPSA) is 29.5 Å². The lowest BCUT2D eigenvalue weighted by atomic mass is 9.44. The molecule has 4 aliphatic carbocycles. The van der Waals surface area contributed by atoms with Gasteiger partial charge in [0.05, 0.1) is 6.10 Å². The Morgan fingerprint density at radius 2 is 1.55 bits per heavy atom. The molecular formula is C27H46O2. The fourth-order valence-corrected chi connectivity index (χ4v) is 9.51. The molecule has 5 rings (SSSR count). The Balaban J connectivity index is 1.22. The second-order valence-electron chi connectivity index (χ2n) is 12.4. The summed E-state index contributed by atoms with van der Waals surface area (Å²) in [5.74, 6) is 5.68. The first-order valence-electron chi connectivity index (χ1n) is 13.3. The molecule has 5 fully saturated rings. The first kappa shape index (κ1) is 20.8. The van der Waals surface area contributed by atoms with E-state index in [2.05, 4.69) is 13.8 Å².